The van der Waals surface area contributed by atoms with Crippen LogP contribution in [0.4, 0.5) is 0 Å². The van der Waals surface area contributed by atoms with Crippen LogP contribution in [0, 0.1) is 0 Å². The first kappa shape index (κ1) is 21.8. The zero-order valence-electron chi connectivity index (χ0n) is 17.7. The fourth-order valence-electron chi connectivity index (χ4n) is 4.37. The summed E-state index contributed by atoms with van der Waals surface area (Å²) >= 11 is 7.08. The third-order valence-electron chi connectivity index (χ3n) is 5.79. The molecule has 0 spiro atoms. The highest BCUT2D eigenvalue weighted by atomic mass is 79.9. The summed E-state index contributed by atoms with van der Waals surface area (Å²) < 4.78 is 1.84. The first-order chi connectivity index (χ1) is 15.9. The molecule has 1 unspecified atom stereocenters. The minimum Gasteiger partial charge on any atom is -0.321 e. The predicted octanol–water partition coefficient (Wildman–Crippen LogP) is 6.42. The molecule has 0 saturated carbocycles. The van der Waals surface area contributed by atoms with E-state index in [1.54, 1.807) is 0 Å². The summed E-state index contributed by atoms with van der Waals surface area (Å²) in [6.45, 7) is 1.50. The largest absolute Gasteiger partial charge is 0.321 e. The predicted molar refractivity (Wildman–Crippen MR) is 138 cm³/mol. The maximum absolute atomic E-state index is 13.4. The van der Waals surface area contributed by atoms with Crippen molar-refractivity contribution < 1.29 is 4.79 Å². The van der Waals surface area contributed by atoms with Gasteiger partial charge in [0.15, 0.2) is 0 Å². The van der Waals surface area contributed by atoms with Crippen LogP contribution in [0.1, 0.15) is 30.5 Å². The minimum atomic E-state index is -0.281. The van der Waals surface area contributed by atoms with Gasteiger partial charge in [0.1, 0.15) is 0 Å². The van der Waals surface area contributed by atoms with Crippen LogP contribution < -0.4 is 5.56 Å². The van der Waals surface area contributed by atoms with E-state index < -0.39 is 0 Å². The molecule has 33 heavy (non-hydrogen) atoms. The number of amides is 1. The number of carbonyl (C=O) groups is 1. The first-order valence-electron chi connectivity index (χ1n) is 10.5. The molecule has 164 valence electrons. The number of H-pyrrole nitrogens is 1. The molecule has 1 aliphatic heterocycles. The number of benzene rings is 3. The molecular weight excluding hydrogens is 546 g/mol. The molecule has 7 heteroatoms. The Morgan fingerprint density at radius 3 is 2.45 bits per heavy atom. The van der Waals surface area contributed by atoms with Gasteiger partial charge in [0.05, 0.1) is 17.3 Å². The number of aromatic amines is 1. The topological polar surface area (TPSA) is 65.5 Å². The number of fused-ring (bicyclic) bond motifs is 1. The van der Waals surface area contributed by atoms with Gasteiger partial charge >= 0.3 is 0 Å². The van der Waals surface area contributed by atoms with Crippen LogP contribution in [0.3, 0.4) is 0 Å². The van der Waals surface area contributed by atoms with E-state index in [4.69, 9.17) is 0 Å². The smallest absolute Gasteiger partial charge is 0.258 e. The molecule has 4 aromatic rings. The number of hydrazone groups is 1. The molecule has 1 aromatic heterocycles. The Hall–Kier alpha value is -3.03. The molecule has 0 fully saturated rings. The van der Waals surface area contributed by atoms with Gasteiger partial charge in [-0.25, -0.2) is 5.01 Å². The van der Waals surface area contributed by atoms with E-state index in [0.29, 0.717) is 17.7 Å². The van der Waals surface area contributed by atoms with Gasteiger partial charge in [-0.1, -0.05) is 74.3 Å². The van der Waals surface area contributed by atoms with E-state index in [2.05, 4.69) is 41.9 Å². The van der Waals surface area contributed by atoms with E-state index in [0.717, 1.165) is 36.5 Å². The van der Waals surface area contributed by atoms with Crippen LogP contribution in [-0.4, -0.2) is 21.6 Å². The van der Waals surface area contributed by atoms with Crippen LogP contribution >= 0.6 is 31.9 Å². The number of carbonyl (C=O) groups excluding carboxylic acids is 1. The maximum atomic E-state index is 13.4. The summed E-state index contributed by atoms with van der Waals surface area (Å²) in [6, 6.07) is 23.2. The van der Waals surface area contributed by atoms with Crippen molar-refractivity contribution in [1.82, 2.24) is 9.99 Å². The monoisotopic (exact) mass is 563 g/mol. The molecule has 0 radical (unpaired) electrons. The Morgan fingerprint density at radius 2 is 1.73 bits per heavy atom. The molecule has 0 aliphatic carbocycles. The Balaban J connectivity index is 1.75. The summed E-state index contributed by atoms with van der Waals surface area (Å²) in [5.41, 5.74) is 4.31. The number of pyridine rings is 1. The maximum Gasteiger partial charge on any atom is 0.258 e. The average molecular weight is 565 g/mol. The number of rotatable bonds is 3. The van der Waals surface area contributed by atoms with E-state index in [1.807, 2.05) is 72.8 Å². The highest BCUT2D eigenvalue weighted by molar-refractivity contribution is 9.10. The van der Waals surface area contributed by atoms with Crippen LogP contribution in [0.25, 0.3) is 22.0 Å². The fourth-order valence-corrected chi connectivity index (χ4v) is 5.15. The molecule has 1 atom stereocenters. The molecule has 0 bridgehead atoms. The summed E-state index contributed by atoms with van der Waals surface area (Å²) in [6.07, 6.45) is 0.443. The lowest BCUT2D eigenvalue weighted by atomic mass is 9.91. The van der Waals surface area contributed by atoms with Crippen molar-refractivity contribution in [3.8, 4) is 11.1 Å². The third-order valence-corrected chi connectivity index (χ3v) is 6.78. The second-order valence-corrected chi connectivity index (χ2v) is 9.78. The molecule has 1 amide bonds. The molecule has 5 rings (SSSR count). The Labute approximate surface area is 207 Å². The van der Waals surface area contributed by atoms with Gasteiger partial charge in [0.25, 0.3) is 5.56 Å². The van der Waals surface area contributed by atoms with E-state index in [-0.39, 0.29) is 17.5 Å². The second kappa shape index (κ2) is 8.72. The van der Waals surface area contributed by atoms with Gasteiger partial charge in [0.2, 0.25) is 5.91 Å². The number of halogens is 2. The molecular formula is C26H19Br2N3O2. The van der Waals surface area contributed by atoms with Crippen LogP contribution in [0.5, 0.6) is 0 Å². The van der Waals surface area contributed by atoms with Crippen molar-refractivity contribution in [3.05, 3.63) is 103 Å². The van der Waals surface area contributed by atoms with Crippen molar-refractivity contribution in [1.29, 1.82) is 0 Å². The lowest BCUT2D eigenvalue weighted by Crippen LogP contribution is -2.24. The highest BCUT2D eigenvalue weighted by Crippen LogP contribution is 2.37. The number of nitrogens with zero attached hydrogens (tertiary/aromatic N) is 2. The van der Waals surface area contributed by atoms with E-state index in [1.165, 1.54) is 11.9 Å². The van der Waals surface area contributed by atoms with Gasteiger partial charge in [-0.05, 0) is 41.5 Å². The Morgan fingerprint density at radius 1 is 0.970 bits per heavy atom. The normalized spacial score (nSPS) is 15.7. The highest BCUT2D eigenvalue weighted by Gasteiger charge is 2.34. The molecule has 1 aliphatic rings. The summed E-state index contributed by atoms with van der Waals surface area (Å²) in [5.74, 6) is -0.170. The van der Waals surface area contributed by atoms with Crippen molar-refractivity contribution >= 4 is 54.4 Å². The molecule has 0 saturated heterocycles. The number of aromatic nitrogens is 1. The van der Waals surface area contributed by atoms with Gasteiger partial charge < -0.3 is 4.98 Å². The average Bonchev–Trinajstić information content (AvgIpc) is 3.24. The first-order valence-corrected chi connectivity index (χ1v) is 12.0. The van der Waals surface area contributed by atoms with E-state index >= 15 is 0 Å². The fraction of sp³-hybridized carbons (Fsp3) is 0.115. The van der Waals surface area contributed by atoms with Crippen LogP contribution in [0.15, 0.2) is 91.6 Å². The van der Waals surface area contributed by atoms with Crippen molar-refractivity contribution in [2.75, 3.05) is 0 Å². The summed E-state index contributed by atoms with van der Waals surface area (Å²) in [4.78, 5) is 28.9. The number of nitrogens with one attached hydrogen (secondary N) is 1. The van der Waals surface area contributed by atoms with Gasteiger partial charge in [-0.15, -0.1) is 0 Å². The van der Waals surface area contributed by atoms with Gasteiger partial charge in [0, 0.05) is 38.8 Å². The van der Waals surface area contributed by atoms with Crippen LogP contribution in [-0.2, 0) is 4.79 Å². The number of hydrogen-bond acceptors (Lipinski definition) is 3. The molecule has 1 N–H and O–H groups in total. The zero-order chi connectivity index (χ0) is 23.1. The third kappa shape index (κ3) is 4.07. The zero-order valence-corrected chi connectivity index (χ0v) is 20.9. The summed E-state index contributed by atoms with van der Waals surface area (Å²) in [7, 11) is 0. The molecule has 5 nitrogen and oxygen atoms in total. The lowest BCUT2D eigenvalue weighted by molar-refractivity contribution is -0.130. The molecule has 3 aromatic carbocycles. The Kier molecular flexibility index (Phi) is 5.76. The van der Waals surface area contributed by atoms with Crippen molar-refractivity contribution in [2.45, 2.75) is 19.4 Å². The van der Waals surface area contributed by atoms with Crippen molar-refractivity contribution in [3.63, 3.8) is 0 Å². The van der Waals surface area contributed by atoms with Crippen molar-refractivity contribution in [2.24, 2.45) is 5.10 Å². The quantitative estimate of drug-likeness (QED) is 0.312. The lowest BCUT2D eigenvalue weighted by Gasteiger charge is -2.20. The van der Waals surface area contributed by atoms with Gasteiger partial charge in [-0.3, -0.25) is 9.59 Å². The van der Waals surface area contributed by atoms with Crippen LogP contribution in [0.2, 0.25) is 0 Å². The SMILES string of the molecule is CC(=O)N1N=C(c2c(-c3ccccc3)c3cc(Br)ccc3[nH]c2=O)CC1c1cccc(Br)c1. The standard InChI is InChI=1S/C26H19Br2N3O2/c1-15(32)31-23(17-8-5-9-18(27)12-17)14-22(30-31)25-24(16-6-3-2-4-7-16)20-13-19(28)10-11-21(20)29-26(25)33/h2-13,23H,14H2,1H3,(H,29,33). The second-order valence-electron chi connectivity index (χ2n) is 7.95. The Bertz CT molecular complexity index is 1480. The minimum absolute atomic E-state index is 0.170. The number of hydrogen-bond donors (Lipinski definition) is 1. The van der Waals surface area contributed by atoms with E-state index in [9.17, 15) is 9.59 Å². The molecule has 2 heterocycles. The van der Waals surface area contributed by atoms with Gasteiger partial charge in [-0.2, -0.15) is 5.10 Å². The summed E-state index contributed by atoms with van der Waals surface area (Å²) in [5, 5.41) is 7.07.